The van der Waals surface area contributed by atoms with Crippen molar-refractivity contribution in [2.45, 2.75) is 6.42 Å². The molecule has 1 fully saturated rings. The molecule has 6 heterocycles. The van der Waals surface area contributed by atoms with Crippen molar-refractivity contribution in [3.8, 4) is 79.0 Å². The first-order chi connectivity index (χ1) is 41.3. The number of aromatic nitrogens is 2. The van der Waals surface area contributed by atoms with Crippen LogP contribution in [-0.2, 0) is 4.79 Å². The van der Waals surface area contributed by atoms with Crippen LogP contribution in [0.2, 0.25) is 0 Å². The first kappa shape index (κ1) is 55.3. The van der Waals surface area contributed by atoms with Gasteiger partial charge in [-0.15, -0.1) is 22.7 Å². The number of amides is 1. The standard InChI is InChI=1S/C71H62N4O7S2/c1-77-58-32-23-47(21-22-48-44-60(78-2)71(80-4)61(45-48)79-3)43-59(58)81-42-14-37-74-38-40-75(41-39-74)66(76)46-82-53-26-24-52(25-27-53)70-57-31-30-56(73-57)69(51-19-12-7-13-20-51)63-34-33-62(83-63)67(49-15-8-5-9-16-49)54-28-29-55(72-54)68(50-17-10-6-11-18-50)64-35-36-65(70)84-64/h5-13,15-36,43-45H,14,37-42,46H2,1-4H3/b22-21-,67-54?,67-62?,68-55?,68-64?,69-56?,69-63?,70-57?,70-65?. The number of nitrogens with zero attached hydrogens (tertiary/aromatic N) is 4. The molecule has 13 heteroatoms. The second kappa shape index (κ2) is 25.5. The summed E-state index contributed by atoms with van der Waals surface area (Å²) in [7, 11) is 6.44. The fourth-order valence-corrected chi connectivity index (χ4v) is 13.2. The molecular weight excluding hydrogens is 1080 g/mol. The van der Waals surface area contributed by atoms with Crippen molar-refractivity contribution in [3.05, 3.63) is 204 Å². The van der Waals surface area contributed by atoms with Gasteiger partial charge in [-0.05, 0) is 125 Å². The number of thiophene rings is 2. The summed E-state index contributed by atoms with van der Waals surface area (Å²) in [6, 6.07) is 58.3. The molecule has 0 atom stereocenters. The molecule has 0 unspecified atom stereocenters. The van der Waals surface area contributed by atoms with Crippen LogP contribution in [-0.4, -0.2) is 100 Å². The van der Waals surface area contributed by atoms with E-state index in [1.807, 2.05) is 59.5 Å². The summed E-state index contributed by atoms with van der Waals surface area (Å²) in [5.41, 5.74) is 14.0. The minimum absolute atomic E-state index is 0.0330. The average Bonchev–Trinajstić information content (AvgIpc) is 3.63. The molecule has 3 aromatic heterocycles. The third-order valence-electron chi connectivity index (χ3n) is 15.1. The van der Waals surface area contributed by atoms with E-state index >= 15 is 0 Å². The highest BCUT2D eigenvalue weighted by Crippen LogP contribution is 2.44. The molecule has 0 spiro atoms. The summed E-state index contributed by atoms with van der Waals surface area (Å²) in [5, 5.41) is 0. The number of ether oxygens (including phenoxy) is 6. The number of carbonyl (C=O) groups is 1. The lowest BCUT2D eigenvalue weighted by Crippen LogP contribution is -2.50. The Hall–Kier alpha value is -9.27. The van der Waals surface area contributed by atoms with Gasteiger partial charge in [0.05, 0.1) is 57.8 Å². The Morgan fingerprint density at radius 1 is 0.464 bits per heavy atom. The van der Waals surface area contributed by atoms with E-state index in [1.54, 1.807) is 51.1 Å². The van der Waals surface area contributed by atoms with Crippen molar-refractivity contribution in [2.75, 3.05) is 74.4 Å². The number of rotatable bonds is 18. The fraction of sp³-hybridized carbons (Fsp3) is 0.169. The van der Waals surface area contributed by atoms with Crippen molar-refractivity contribution >= 4 is 83.8 Å². The Balaban J connectivity index is 0.750. The zero-order valence-corrected chi connectivity index (χ0v) is 48.9. The maximum Gasteiger partial charge on any atom is 0.260 e. The number of piperazine rings is 1. The Labute approximate surface area is 497 Å². The SMILES string of the molecule is COc1ccc(/C=C\c2cc(OC)c(OC)c(OC)c2)cc1OCCCN1CCN(C(=O)COc2ccc(-c3c4nc(c(-c5ccccc5)c5ccc(s5)c(-c5ccccc5)c5nc(c(-c6ccccc6)c6ccc3s6)C=C5)C=C4)cc2)CC1. The molecule has 0 aliphatic carbocycles. The second-order valence-electron chi connectivity index (χ2n) is 20.3. The Kier molecular flexibility index (Phi) is 16.8. The molecule has 0 N–H and O–H groups in total. The lowest BCUT2D eigenvalue weighted by atomic mass is 10.0. The number of carbonyl (C=O) groups excluding carboxylic acids is 1. The van der Waals surface area contributed by atoms with Crippen LogP contribution >= 0.6 is 22.7 Å². The van der Waals surface area contributed by atoms with Crippen molar-refractivity contribution in [1.82, 2.24) is 19.8 Å². The zero-order chi connectivity index (χ0) is 57.4. The van der Waals surface area contributed by atoms with Gasteiger partial charge < -0.3 is 33.3 Å². The molecule has 9 aromatic rings. The normalized spacial score (nSPS) is 13.1. The van der Waals surface area contributed by atoms with E-state index in [2.05, 4.69) is 157 Å². The van der Waals surface area contributed by atoms with E-state index in [9.17, 15) is 4.79 Å². The van der Waals surface area contributed by atoms with E-state index in [-0.39, 0.29) is 12.5 Å². The third-order valence-corrected chi connectivity index (χ3v) is 17.4. The van der Waals surface area contributed by atoms with Gasteiger partial charge in [-0.2, -0.15) is 0 Å². The first-order valence-electron chi connectivity index (χ1n) is 28.0. The third kappa shape index (κ3) is 12.0. The Morgan fingerprint density at radius 2 is 0.905 bits per heavy atom. The minimum Gasteiger partial charge on any atom is -0.493 e. The van der Waals surface area contributed by atoms with Gasteiger partial charge in [0.1, 0.15) is 5.75 Å². The molecule has 3 aliphatic rings. The van der Waals surface area contributed by atoms with Crippen LogP contribution in [0.3, 0.4) is 0 Å². The second-order valence-corrected chi connectivity index (χ2v) is 22.5. The summed E-state index contributed by atoms with van der Waals surface area (Å²) in [6.07, 6.45) is 13.4. The molecule has 6 aromatic carbocycles. The van der Waals surface area contributed by atoms with E-state index in [0.29, 0.717) is 54.2 Å². The van der Waals surface area contributed by atoms with Crippen LogP contribution in [0.15, 0.2) is 170 Å². The summed E-state index contributed by atoms with van der Waals surface area (Å²) >= 11 is 3.49. The van der Waals surface area contributed by atoms with Crippen molar-refractivity contribution < 1.29 is 33.2 Å². The predicted molar refractivity (Wildman–Crippen MR) is 344 cm³/mol. The summed E-state index contributed by atoms with van der Waals surface area (Å²) in [5.74, 6) is 3.65. The highest BCUT2D eigenvalue weighted by molar-refractivity contribution is 7.24. The summed E-state index contributed by atoms with van der Waals surface area (Å²) in [4.78, 5) is 28.9. The molecule has 1 amide bonds. The summed E-state index contributed by atoms with van der Waals surface area (Å²) in [6.45, 7) is 4.11. The highest BCUT2D eigenvalue weighted by atomic mass is 32.1. The molecular formula is C71H62N4O7S2. The number of fused-ring (bicyclic) bond motifs is 8. The number of benzene rings is 6. The Bertz CT molecular complexity index is 4050. The maximum atomic E-state index is 13.6. The quantitative estimate of drug-likeness (QED) is 0.0609. The molecule has 1 saturated heterocycles. The van der Waals surface area contributed by atoms with Crippen LogP contribution in [0.4, 0.5) is 0 Å². The molecule has 0 saturated carbocycles. The van der Waals surface area contributed by atoms with Gasteiger partial charge in [0, 0.05) is 73.8 Å². The van der Waals surface area contributed by atoms with Crippen molar-refractivity contribution in [3.63, 3.8) is 0 Å². The molecule has 84 heavy (non-hydrogen) atoms. The average molecular weight is 1150 g/mol. The molecule has 8 bridgehead atoms. The molecule has 11 nitrogen and oxygen atoms in total. The lowest BCUT2D eigenvalue weighted by Gasteiger charge is -2.34. The molecule has 0 radical (unpaired) electrons. The Morgan fingerprint density at radius 3 is 1.36 bits per heavy atom. The van der Waals surface area contributed by atoms with Crippen molar-refractivity contribution in [1.29, 1.82) is 0 Å². The first-order valence-corrected chi connectivity index (χ1v) is 29.6. The minimum atomic E-state index is -0.0485. The fourth-order valence-electron chi connectivity index (χ4n) is 10.9. The van der Waals surface area contributed by atoms with E-state index < -0.39 is 0 Å². The van der Waals surface area contributed by atoms with Gasteiger partial charge in [0.2, 0.25) is 5.75 Å². The smallest absolute Gasteiger partial charge is 0.260 e. The number of hydrogen-bond acceptors (Lipinski definition) is 12. The largest absolute Gasteiger partial charge is 0.493 e. The van der Waals surface area contributed by atoms with Gasteiger partial charge in [-0.1, -0.05) is 121 Å². The van der Waals surface area contributed by atoms with E-state index in [4.69, 9.17) is 38.4 Å². The van der Waals surface area contributed by atoms with E-state index in [1.165, 1.54) is 0 Å². The van der Waals surface area contributed by atoms with Crippen LogP contribution < -0.4 is 28.4 Å². The van der Waals surface area contributed by atoms with Crippen LogP contribution in [0.25, 0.3) is 99.8 Å². The zero-order valence-electron chi connectivity index (χ0n) is 47.2. The topological polar surface area (TPSA) is 105 Å². The van der Waals surface area contributed by atoms with Gasteiger partial charge in [0.25, 0.3) is 5.91 Å². The predicted octanol–water partition coefficient (Wildman–Crippen LogP) is 16.0. The molecule has 420 valence electrons. The van der Waals surface area contributed by atoms with Gasteiger partial charge in [-0.25, -0.2) is 9.97 Å². The molecule has 3 aliphatic heterocycles. The monoisotopic (exact) mass is 1150 g/mol. The van der Waals surface area contributed by atoms with Crippen molar-refractivity contribution in [2.24, 2.45) is 0 Å². The highest BCUT2D eigenvalue weighted by Gasteiger charge is 2.23. The van der Waals surface area contributed by atoms with Gasteiger partial charge in [-0.3, -0.25) is 9.69 Å². The lowest BCUT2D eigenvalue weighted by molar-refractivity contribution is -0.135. The maximum absolute atomic E-state index is 13.6. The van der Waals surface area contributed by atoms with Gasteiger partial charge >= 0.3 is 0 Å². The number of hydrogen-bond donors (Lipinski definition) is 0. The summed E-state index contributed by atoms with van der Waals surface area (Å²) < 4.78 is 39.1. The van der Waals surface area contributed by atoms with Crippen LogP contribution in [0, 0.1) is 0 Å². The van der Waals surface area contributed by atoms with Gasteiger partial charge in [0.15, 0.2) is 29.6 Å². The number of methoxy groups -OCH3 is 4. The molecule has 12 rings (SSSR count). The van der Waals surface area contributed by atoms with E-state index in [0.717, 1.165) is 123 Å². The van der Waals surface area contributed by atoms with Crippen LogP contribution in [0.1, 0.15) is 40.3 Å². The van der Waals surface area contributed by atoms with Crippen LogP contribution in [0.5, 0.6) is 34.5 Å².